The number of nitrogens with zero attached hydrogens (tertiary/aromatic N) is 2. The van der Waals surface area contributed by atoms with Gasteiger partial charge in [-0.1, -0.05) is 72.3 Å². The average molecular weight is 514 g/mol. The van der Waals surface area contributed by atoms with Crippen molar-refractivity contribution in [2.45, 2.75) is 31.3 Å². The molecular weight excluding hydrogens is 486 g/mol. The van der Waals surface area contributed by atoms with Crippen molar-refractivity contribution in [1.29, 1.82) is 0 Å². The molecule has 6 nitrogen and oxygen atoms in total. The van der Waals surface area contributed by atoms with Gasteiger partial charge in [-0.3, -0.25) is 4.79 Å². The van der Waals surface area contributed by atoms with E-state index in [0.29, 0.717) is 43.4 Å². The number of ether oxygens (including phenoxy) is 2. The average Bonchev–Trinajstić information content (AvgIpc) is 2.94. The normalized spacial score (nSPS) is 14.7. The fourth-order valence-electron chi connectivity index (χ4n) is 4.78. The van der Waals surface area contributed by atoms with Crippen molar-refractivity contribution in [1.82, 2.24) is 9.97 Å². The van der Waals surface area contributed by atoms with Crippen molar-refractivity contribution in [2.24, 2.45) is 0 Å². The van der Waals surface area contributed by atoms with Gasteiger partial charge in [0.2, 0.25) is 5.95 Å². The predicted molar refractivity (Wildman–Crippen MR) is 145 cm³/mol. The molecule has 7 heteroatoms. The number of aromatic nitrogens is 2. The smallest absolute Gasteiger partial charge is 0.219 e. The van der Waals surface area contributed by atoms with Crippen LogP contribution in [-0.4, -0.2) is 29.0 Å². The van der Waals surface area contributed by atoms with Crippen LogP contribution in [-0.2, 0) is 28.0 Å². The Morgan fingerprint density at radius 2 is 1.62 bits per heavy atom. The van der Waals surface area contributed by atoms with Gasteiger partial charge in [0.05, 0.1) is 10.4 Å². The molecule has 0 radical (unpaired) electrons. The van der Waals surface area contributed by atoms with Gasteiger partial charge in [0.25, 0.3) is 0 Å². The van der Waals surface area contributed by atoms with Crippen molar-refractivity contribution in [3.63, 3.8) is 0 Å². The third kappa shape index (κ3) is 5.66. The maximum absolute atomic E-state index is 13.8. The van der Waals surface area contributed by atoms with Crippen LogP contribution in [0.2, 0.25) is 5.02 Å². The van der Waals surface area contributed by atoms with Crippen LogP contribution in [0.25, 0.3) is 11.1 Å². The predicted octanol–water partition coefficient (Wildman–Crippen LogP) is 5.82. The molecule has 0 aliphatic carbocycles. The zero-order chi connectivity index (χ0) is 25.7. The molecule has 4 aromatic rings. The van der Waals surface area contributed by atoms with Crippen molar-refractivity contribution >= 4 is 23.3 Å². The molecule has 0 spiro atoms. The first-order chi connectivity index (χ1) is 18.0. The van der Waals surface area contributed by atoms with Crippen molar-refractivity contribution in [3.05, 3.63) is 107 Å². The number of carbonyl (C=O) groups excluding carboxylic acids is 1. The first-order valence-corrected chi connectivity index (χ1v) is 12.7. The molecule has 5 rings (SSSR count). The molecule has 0 amide bonds. The summed E-state index contributed by atoms with van der Waals surface area (Å²) in [6.45, 7) is 1.53. The summed E-state index contributed by atoms with van der Waals surface area (Å²) in [5.41, 5.74) is 9.77. The molecule has 0 atom stereocenters. The number of rotatable bonds is 8. The lowest BCUT2D eigenvalue weighted by Gasteiger charge is -2.36. The second-order valence-corrected chi connectivity index (χ2v) is 9.65. The quantitative estimate of drug-likeness (QED) is 0.319. The minimum absolute atomic E-state index is 0.161. The molecule has 1 aliphatic heterocycles. The molecule has 37 heavy (non-hydrogen) atoms. The van der Waals surface area contributed by atoms with E-state index < -0.39 is 5.41 Å². The number of ketones is 1. The van der Waals surface area contributed by atoms with Crippen LogP contribution in [0.4, 0.5) is 5.95 Å². The molecule has 3 aromatic carbocycles. The number of hydrogen-bond acceptors (Lipinski definition) is 6. The van der Waals surface area contributed by atoms with Gasteiger partial charge in [0.1, 0.15) is 18.1 Å². The first kappa shape index (κ1) is 24.9. The number of carbonyl (C=O) groups is 1. The van der Waals surface area contributed by atoms with Gasteiger partial charge in [0, 0.05) is 37.6 Å². The summed E-state index contributed by atoms with van der Waals surface area (Å²) in [7, 11) is 0. The summed E-state index contributed by atoms with van der Waals surface area (Å²) in [5, 5.41) is 0.498. The molecule has 1 saturated heterocycles. The maximum Gasteiger partial charge on any atom is 0.219 e. The van der Waals surface area contributed by atoms with E-state index in [9.17, 15) is 4.79 Å². The molecule has 0 unspecified atom stereocenters. The molecule has 188 valence electrons. The highest BCUT2D eigenvalue weighted by Crippen LogP contribution is 2.38. The van der Waals surface area contributed by atoms with Gasteiger partial charge >= 0.3 is 0 Å². The zero-order valence-electron chi connectivity index (χ0n) is 20.4. The topological polar surface area (TPSA) is 87.3 Å². The fourth-order valence-corrected chi connectivity index (χ4v) is 5.04. The summed E-state index contributed by atoms with van der Waals surface area (Å²) in [4.78, 5) is 22.0. The molecular formula is C30H28ClN3O3. The Bertz CT molecular complexity index is 1350. The van der Waals surface area contributed by atoms with Gasteiger partial charge < -0.3 is 15.2 Å². The Morgan fingerprint density at radius 1 is 0.919 bits per heavy atom. The molecule has 2 N–H and O–H groups in total. The summed E-state index contributed by atoms with van der Waals surface area (Å²) in [6.07, 6.45) is 4.96. The molecule has 1 fully saturated rings. The largest absolute Gasteiger partial charge is 0.487 e. The van der Waals surface area contributed by atoms with Crippen molar-refractivity contribution in [3.8, 4) is 16.9 Å². The van der Waals surface area contributed by atoms with Crippen molar-refractivity contribution in [2.75, 3.05) is 18.9 Å². The Balaban J connectivity index is 1.33. The van der Waals surface area contributed by atoms with Crippen LogP contribution < -0.4 is 10.5 Å². The number of halogens is 1. The Kier molecular flexibility index (Phi) is 7.49. The number of benzene rings is 3. The molecule has 0 saturated carbocycles. The number of anilines is 1. The van der Waals surface area contributed by atoms with E-state index in [1.807, 2.05) is 72.8 Å². The van der Waals surface area contributed by atoms with E-state index in [4.69, 9.17) is 26.8 Å². The standard InChI is InChI=1S/C30H28ClN3O3/c31-26-16-22(6-11-27(26)37-20-21-4-2-1-3-5-21)17-28(35)30(12-14-36-15-13-30)25-9-7-23(8-10-25)24-18-33-29(32)34-19-24/h1-11,16,18-19H,12-15,17,20H2,(H2,32,33,34). The second-order valence-electron chi connectivity index (χ2n) is 9.24. The second kappa shape index (κ2) is 11.1. The van der Waals surface area contributed by atoms with E-state index >= 15 is 0 Å². The molecule has 2 heterocycles. The Labute approximate surface area is 221 Å². The van der Waals surface area contributed by atoms with E-state index in [1.165, 1.54) is 0 Å². The van der Waals surface area contributed by atoms with E-state index in [0.717, 1.165) is 27.8 Å². The fraction of sp³-hybridized carbons (Fsp3) is 0.233. The number of Topliss-reactive ketones (excluding diaryl/α,β-unsaturated/α-hetero) is 1. The van der Waals surface area contributed by atoms with Crippen LogP contribution in [0.1, 0.15) is 29.5 Å². The summed E-state index contributed by atoms with van der Waals surface area (Å²) in [5.74, 6) is 1.00. The SMILES string of the molecule is Nc1ncc(-c2ccc(C3(C(=O)Cc4ccc(OCc5ccccc5)c(Cl)c4)CCOCC3)cc2)cn1. The highest BCUT2D eigenvalue weighted by molar-refractivity contribution is 6.32. The molecule has 1 aromatic heterocycles. The highest BCUT2D eigenvalue weighted by atomic mass is 35.5. The lowest BCUT2D eigenvalue weighted by Crippen LogP contribution is -2.42. The monoisotopic (exact) mass is 513 g/mol. The first-order valence-electron chi connectivity index (χ1n) is 12.3. The summed E-state index contributed by atoms with van der Waals surface area (Å²) >= 11 is 6.53. The zero-order valence-corrected chi connectivity index (χ0v) is 21.2. The third-order valence-corrected chi connectivity index (χ3v) is 7.22. The number of hydrogen-bond donors (Lipinski definition) is 1. The lowest BCUT2D eigenvalue weighted by atomic mass is 9.69. The minimum Gasteiger partial charge on any atom is -0.487 e. The minimum atomic E-state index is -0.608. The summed E-state index contributed by atoms with van der Waals surface area (Å²) < 4.78 is 11.5. The van der Waals surface area contributed by atoms with Crippen LogP contribution in [0, 0.1) is 0 Å². The van der Waals surface area contributed by atoms with Crippen LogP contribution >= 0.6 is 11.6 Å². The molecule has 0 bridgehead atoms. The highest BCUT2D eigenvalue weighted by Gasteiger charge is 2.41. The van der Waals surface area contributed by atoms with Gasteiger partial charge in [-0.15, -0.1) is 0 Å². The Morgan fingerprint density at radius 3 is 2.30 bits per heavy atom. The van der Waals surface area contributed by atoms with Gasteiger partial charge in [-0.25, -0.2) is 9.97 Å². The summed E-state index contributed by atoms with van der Waals surface area (Å²) in [6, 6.07) is 23.6. The van der Waals surface area contributed by atoms with Gasteiger partial charge in [0.15, 0.2) is 0 Å². The van der Waals surface area contributed by atoms with Gasteiger partial charge in [-0.05, 0) is 47.2 Å². The third-order valence-electron chi connectivity index (χ3n) is 6.92. The van der Waals surface area contributed by atoms with E-state index in [1.54, 1.807) is 12.4 Å². The van der Waals surface area contributed by atoms with Crippen LogP contribution in [0.3, 0.4) is 0 Å². The van der Waals surface area contributed by atoms with Crippen LogP contribution in [0.15, 0.2) is 85.2 Å². The molecule has 1 aliphatic rings. The maximum atomic E-state index is 13.8. The van der Waals surface area contributed by atoms with Crippen LogP contribution in [0.5, 0.6) is 5.75 Å². The number of nitrogen functional groups attached to an aromatic ring is 1. The lowest BCUT2D eigenvalue weighted by molar-refractivity contribution is -0.127. The van der Waals surface area contributed by atoms with Gasteiger partial charge in [-0.2, -0.15) is 0 Å². The number of nitrogens with two attached hydrogens (primary N) is 1. The van der Waals surface area contributed by atoms with E-state index in [2.05, 4.69) is 9.97 Å². The van der Waals surface area contributed by atoms with Crippen molar-refractivity contribution < 1.29 is 14.3 Å². The van der Waals surface area contributed by atoms with E-state index in [-0.39, 0.29) is 18.2 Å². The Hall–Kier alpha value is -3.74.